The maximum Gasteiger partial charge on any atom is 0.225 e. The van der Waals surface area contributed by atoms with Crippen molar-refractivity contribution < 1.29 is 0 Å². The van der Waals surface area contributed by atoms with Crippen LogP contribution in [0.1, 0.15) is 74.9 Å². The van der Waals surface area contributed by atoms with E-state index in [9.17, 15) is 0 Å². The monoisotopic (exact) mass is 317 g/mol. The Balaban J connectivity index is 2.32. The van der Waals surface area contributed by atoms with Crippen LogP contribution in [0.4, 0.5) is 11.9 Å². The van der Waals surface area contributed by atoms with E-state index in [1.54, 1.807) is 0 Å². The Hall–Kier alpha value is -2.18. The average Bonchev–Trinajstić information content (AvgIpc) is 2.87. The standard InChI is InChI=1S/C16H27N7/c1-4-6-7-8-9-11(13-10(3)19-12(5-2)20-13)14-21-15(17)23-16(18)22-14/h11H,4-9H2,1-3H3,(H,19,20)(H4,17,18,21,22,23). The second-order valence-electron chi connectivity index (χ2n) is 5.85. The van der Waals surface area contributed by atoms with Crippen LogP contribution in [0.5, 0.6) is 0 Å². The molecular weight excluding hydrogens is 290 g/mol. The van der Waals surface area contributed by atoms with Gasteiger partial charge in [0.1, 0.15) is 11.6 Å². The van der Waals surface area contributed by atoms with Crippen molar-refractivity contribution in [3.63, 3.8) is 0 Å². The first-order chi connectivity index (χ1) is 11.0. The zero-order valence-electron chi connectivity index (χ0n) is 14.3. The molecule has 0 fully saturated rings. The molecule has 0 aliphatic rings. The number of unbranched alkanes of at least 4 members (excludes halogenated alkanes) is 3. The highest BCUT2D eigenvalue weighted by atomic mass is 15.1. The third-order valence-corrected chi connectivity index (χ3v) is 4.00. The molecule has 7 heteroatoms. The normalized spacial score (nSPS) is 12.5. The number of rotatable bonds is 8. The van der Waals surface area contributed by atoms with Crippen LogP contribution in [-0.4, -0.2) is 24.9 Å². The molecule has 0 bridgehead atoms. The summed E-state index contributed by atoms with van der Waals surface area (Å²) >= 11 is 0. The molecule has 0 aliphatic carbocycles. The minimum absolute atomic E-state index is 0.0206. The fourth-order valence-electron chi connectivity index (χ4n) is 2.80. The number of nitrogen functional groups attached to an aromatic ring is 2. The molecule has 1 unspecified atom stereocenters. The van der Waals surface area contributed by atoms with Crippen LogP contribution in [0.15, 0.2) is 0 Å². The van der Waals surface area contributed by atoms with Crippen molar-refractivity contribution in [2.45, 2.75) is 65.2 Å². The second-order valence-corrected chi connectivity index (χ2v) is 5.85. The summed E-state index contributed by atoms with van der Waals surface area (Å²) in [5, 5.41) is 0. The van der Waals surface area contributed by atoms with Crippen LogP contribution in [0, 0.1) is 6.92 Å². The Morgan fingerprint density at radius 1 is 0.957 bits per heavy atom. The number of H-pyrrole nitrogens is 1. The molecule has 2 aromatic heterocycles. The topological polar surface area (TPSA) is 119 Å². The first-order valence-electron chi connectivity index (χ1n) is 8.37. The number of anilines is 2. The van der Waals surface area contributed by atoms with E-state index in [0.29, 0.717) is 5.82 Å². The number of nitrogens with one attached hydrogen (secondary N) is 1. The molecule has 7 nitrogen and oxygen atoms in total. The van der Waals surface area contributed by atoms with E-state index in [1.807, 2.05) is 6.92 Å². The van der Waals surface area contributed by atoms with Crippen LogP contribution >= 0.6 is 0 Å². The quantitative estimate of drug-likeness (QED) is 0.644. The molecule has 1 atom stereocenters. The smallest absolute Gasteiger partial charge is 0.225 e. The number of aryl methyl sites for hydroxylation is 2. The highest BCUT2D eigenvalue weighted by Gasteiger charge is 2.23. The molecule has 0 saturated heterocycles. The van der Waals surface area contributed by atoms with Gasteiger partial charge in [0.25, 0.3) is 0 Å². The maximum absolute atomic E-state index is 5.75. The zero-order valence-corrected chi connectivity index (χ0v) is 14.3. The number of hydrogen-bond acceptors (Lipinski definition) is 6. The summed E-state index contributed by atoms with van der Waals surface area (Å²) in [6, 6.07) is 0. The fraction of sp³-hybridized carbons (Fsp3) is 0.625. The first-order valence-corrected chi connectivity index (χ1v) is 8.37. The van der Waals surface area contributed by atoms with Gasteiger partial charge in [0.2, 0.25) is 11.9 Å². The third-order valence-electron chi connectivity index (χ3n) is 4.00. The van der Waals surface area contributed by atoms with Gasteiger partial charge in [-0.25, -0.2) is 4.98 Å². The number of hydrogen-bond donors (Lipinski definition) is 3. The summed E-state index contributed by atoms with van der Waals surface area (Å²) in [4.78, 5) is 20.5. The summed E-state index contributed by atoms with van der Waals surface area (Å²) in [7, 11) is 0. The summed E-state index contributed by atoms with van der Waals surface area (Å²) in [5.74, 6) is 1.96. The first kappa shape index (κ1) is 17.2. The summed E-state index contributed by atoms with van der Waals surface area (Å²) in [5.41, 5.74) is 13.6. The number of aromatic nitrogens is 5. The van der Waals surface area contributed by atoms with Crippen molar-refractivity contribution in [3.05, 3.63) is 23.0 Å². The largest absolute Gasteiger partial charge is 0.368 e. The molecule has 2 aromatic rings. The van der Waals surface area contributed by atoms with E-state index in [-0.39, 0.29) is 17.8 Å². The van der Waals surface area contributed by atoms with Crippen LogP contribution < -0.4 is 11.5 Å². The van der Waals surface area contributed by atoms with Gasteiger partial charge in [0, 0.05) is 12.1 Å². The lowest BCUT2D eigenvalue weighted by atomic mass is 9.95. The number of aromatic amines is 1. The van der Waals surface area contributed by atoms with Crippen LogP contribution in [0.25, 0.3) is 0 Å². The van der Waals surface area contributed by atoms with Gasteiger partial charge in [0.15, 0.2) is 0 Å². The van der Waals surface area contributed by atoms with Crippen LogP contribution in [0.2, 0.25) is 0 Å². The van der Waals surface area contributed by atoms with Crippen LogP contribution in [-0.2, 0) is 6.42 Å². The minimum Gasteiger partial charge on any atom is -0.368 e. The number of imidazole rings is 1. The average molecular weight is 317 g/mol. The van der Waals surface area contributed by atoms with E-state index in [4.69, 9.17) is 11.5 Å². The van der Waals surface area contributed by atoms with E-state index in [2.05, 4.69) is 38.8 Å². The lowest BCUT2D eigenvalue weighted by Crippen LogP contribution is -2.13. The fourth-order valence-corrected chi connectivity index (χ4v) is 2.80. The van der Waals surface area contributed by atoms with Gasteiger partial charge in [-0.1, -0.05) is 39.5 Å². The highest BCUT2D eigenvalue weighted by molar-refractivity contribution is 5.31. The zero-order chi connectivity index (χ0) is 16.8. The molecule has 0 aromatic carbocycles. The minimum atomic E-state index is 0.0206. The second kappa shape index (κ2) is 7.89. The Morgan fingerprint density at radius 3 is 2.22 bits per heavy atom. The van der Waals surface area contributed by atoms with Crippen molar-refractivity contribution in [1.29, 1.82) is 0 Å². The van der Waals surface area contributed by atoms with E-state index in [1.165, 1.54) is 19.3 Å². The summed E-state index contributed by atoms with van der Waals surface area (Å²) in [6.07, 6.45) is 6.54. The van der Waals surface area contributed by atoms with Gasteiger partial charge < -0.3 is 16.5 Å². The van der Waals surface area contributed by atoms with E-state index < -0.39 is 0 Å². The Labute approximate surface area is 137 Å². The molecule has 5 N–H and O–H groups in total. The van der Waals surface area contributed by atoms with Gasteiger partial charge in [-0.2, -0.15) is 15.0 Å². The summed E-state index contributed by atoms with van der Waals surface area (Å²) < 4.78 is 0. The maximum atomic E-state index is 5.75. The highest BCUT2D eigenvalue weighted by Crippen LogP contribution is 2.29. The van der Waals surface area contributed by atoms with Gasteiger partial charge in [-0.3, -0.25) is 0 Å². The van der Waals surface area contributed by atoms with Crippen molar-refractivity contribution in [2.24, 2.45) is 0 Å². The van der Waals surface area contributed by atoms with Gasteiger partial charge in [0.05, 0.1) is 11.6 Å². The predicted octanol–water partition coefficient (Wildman–Crippen LogP) is 2.73. The van der Waals surface area contributed by atoms with Gasteiger partial charge >= 0.3 is 0 Å². The predicted molar refractivity (Wildman–Crippen MR) is 92.0 cm³/mol. The van der Waals surface area contributed by atoms with E-state index >= 15 is 0 Å². The van der Waals surface area contributed by atoms with Crippen molar-refractivity contribution in [1.82, 2.24) is 24.9 Å². The van der Waals surface area contributed by atoms with Crippen molar-refractivity contribution in [2.75, 3.05) is 11.5 Å². The Kier molecular flexibility index (Phi) is 5.90. The molecule has 2 rings (SSSR count). The van der Waals surface area contributed by atoms with Gasteiger partial charge in [-0.15, -0.1) is 0 Å². The van der Waals surface area contributed by atoms with Crippen molar-refractivity contribution in [3.8, 4) is 0 Å². The molecular formula is C16H27N7. The third kappa shape index (κ3) is 4.40. The Morgan fingerprint density at radius 2 is 1.65 bits per heavy atom. The lowest BCUT2D eigenvalue weighted by Gasteiger charge is -2.15. The summed E-state index contributed by atoms with van der Waals surface area (Å²) in [6.45, 7) is 6.30. The Bertz CT molecular complexity index is 615. The molecule has 0 aliphatic heterocycles. The lowest BCUT2D eigenvalue weighted by molar-refractivity contribution is 0.571. The molecule has 0 amide bonds. The SMILES string of the molecule is CCCCCCC(c1nc(N)nc(N)n1)c1[nH]c(CC)nc1C. The molecule has 23 heavy (non-hydrogen) atoms. The van der Waals surface area contributed by atoms with Gasteiger partial charge in [-0.05, 0) is 13.3 Å². The molecule has 0 radical (unpaired) electrons. The molecule has 0 saturated carbocycles. The molecule has 2 heterocycles. The van der Waals surface area contributed by atoms with Crippen molar-refractivity contribution >= 4 is 11.9 Å². The number of nitrogens with two attached hydrogens (primary N) is 2. The van der Waals surface area contributed by atoms with Crippen LogP contribution in [0.3, 0.4) is 0 Å². The van der Waals surface area contributed by atoms with E-state index in [0.717, 1.165) is 36.5 Å². The molecule has 126 valence electrons. The number of nitrogens with zero attached hydrogens (tertiary/aromatic N) is 4. The molecule has 0 spiro atoms.